The Kier molecular flexibility index (Phi) is 4.74. The smallest absolute Gasteiger partial charge is 0.284 e. The van der Waals surface area contributed by atoms with Crippen LogP contribution in [0, 0.1) is 17.0 Å². The zero-order valence-electron chi connectivity index (χ0n) is 10.9. The van der Waals surface area contributed by atoms with Crippen LogP contribution in [0.4, 0.5) is 11.4 Å². The van der Waals surface area contributed by atoms with Gasteiger partial charge < -0.3 is 5.32 Å². The van der Waals surface area contributed by atoms with Gasteiger partial charge in [0.1, 0.15) is 0 Å². The number of nitro groups is 1. The zero-order chi connectivity index (χ0) is 15.6. The minimum atomic E-state index is -0.538. The van der Waals surface area contributed by atoms with Gasteiger partial charge >= 0.3 is 0 Å². The maximum absolute atomic E-state index is 12.1. The zero-order valence-corrected chi connectivity index (χ0v) is 14.1. The molecule has 0 aliphatic rings. The molecule has 2 aromatic rings. The van der Waals surface area contributed by atoms with Crippen LogP contribution in [-0.4, -0.2) is 10.8 Å². The third-order valence-electron chi connectivity index (χ3n) is 2.83. The first kappa shape index (κ1) is 15.7. The number of carbonyl (C=O) groups is 1. The highest BCUT2D eigenvalue weighted by molar-refractivity contribution is 9.10. The molecule has 21 heavy (non-hydrogen) atoms. The molecule has 1 N–H and O–H groups in total. The summed E-state index contributed by atoms with van der Waals surface area (Å²) in [7, 11) is 0. The fraction of sp³-hybridized carbons (Fsp3) is 0.0714. The van der Waals surface area contributed by atoms with Gasteiger partial charge in [-0.1, -0.05) is 22.0 Å². The Morgan fingerprint density at radius 3 is 2.48 bits per heavy atom. The number of hydrogen-bond donors (Lipinski definition) is 1. The molecule has 0 radical (unpaired) electrons. The molecule has 5 nitrogen and oxygen atoms in total. The Morgan fingerprint density at radius 1 is 1.14 bits per heavy atom. The number of carbonyl (C=O) groups excluding carboxylic acids is 1. The Bertz CT molecular complexity index is 732. The summed E-state index contributed by atoms with van der Waals surface area (Å²) in [5.41, 5.74) is 1.74. The lowest BCUT2D eigenvalue weighted by atomic mass is 10.1. The fourth-order valence-corrected chi connectivity index (χ4v) is 2.44. The molecule has 0 aliphatic carbocycles. The molecule has 0 unspecified atom stereocenters. The highest BCUT2D eigenvalue weighted by Crippen LogP contribution is 2.26. The SMILES string of the molecule is Cc1ccc(NC(=O)c2ccc(Br)c([N+](=O)[O-])c2)cc1Br. The van der Waals surface area contributed by atoms with Crippen molar-refractivity contribution in [3.05, 3.63) is 66.6 Å². The maximum atomic E-state index is 12.1. The summed E-state index contributed by atoms with van der Waals surface area (Å²) in [6.45, 7) is 1.94. The Morgan fingerprint density at radius 2 is 1.86 bits per heavy atom. The second-order valence-electron chi connectivity index (χ2n) is 4.34. The summed E-state index contributed by atoms with van der Waals surface area (Å²) in [6.07, 6.45) is 0. The number of nitrogens with one attached hydrogen (secondary N) is 1. The molecule has 7 heteroatoms. The molecule has 0 saturated heterocycles. The Balaban J connectivity index is 2.26. The van der Waals surface area contributed by atoms with E-state index in [1.165, 1.54) is 18.2 Å². The predicted octanol–water partition coefficient (Wildman–Crippen LogP) is 4.68. The average molecular weight is 414 g/mol. The molecule has 0 spiro atoms. The molecule has 108 valence electrons. The molecule has 0 heterocycles. The van der Waals surface area contributed by atoms with Gasteiger partial charge in [-0.15, -0.1) is 0 Å². The van der Waals surface area contributed by atoms with Crippen molar-refractivity contribution in [1.82, 2.24) is 0 Å². The van der Waals surface area contributed by atoms with Gasteiger partial charge in [0, 0.05) is 21.8 Å². The molecule has 2 aromatic carbocycles. The van der Waals surface area contributed by atoms with E-state index in [-0.39, 0.29) is 11.3 Å². The van der Waals surface area contributed by atoms with Crippen LogP contribution in [0.2, 0.25) is 0 Å². The number of nitro benzene ring substituents is 1. The molecule has 0 atom stereocenters. The van der Waals surface area contributed by atoms with Crippen LogP contribution in [0.5, 0.6) is 0 Å². The first-order chi connectivity index (χ1) is 9.88. The van der Waals surface area contributed by atoms with E-state index in [1.54, 1.807) is 12.1 Å². The van der Waals surface area contributed by atoms with Gasteiger partial charge in [0.25, 0.3) is 11.6 Å². The highest BCUT2D eigenvalue weighted by Gasteiger charge is 2.16. The second kappa shape index (κ2) is 6.36. The van der Waals surface area contributed by atoms with Crippen LogP contribution in [0.15, 0.2) is 45.3 Å². The van der Waals surface area contributed by atoms with Crippen LogP contribution < -0.4 is 5.32 Å². The fourth-order valence-electron chi connectivity index (χ4n) is 1.67. The van der Waals surface area contributed by atoms with Crippen molar-refractivity contribution < 1.29 is 9.72 Å². The maximum Gasteiger partial charge on any atom is 0.284 e. The number of hydrogen-bond acceptors (Lipinski definition) is 3. The van der Waals surface area contributed by atoms with E-state index in [1.807, 2.05) is 13.0 Å². The minimum Gasteiger partial charge on any atom is -0.322 e. The van der Waals surface area contributed by atoms with Gasteiger partial charge in [0.15, 0.2) is 0 Å². The number of rotatable bonds is 3. The van der Waals surface area contributed by atoms with Crippen molar-refractivity contribution in [2.24, 2.45) is 0 Å². The quantitative estimate of drug-likeness (QED) is 0.586. The van der Waals surface area contributed by atoms with E-state index in [2.05, 4.69) is 37.2 Å². The number of benzene rings is 2. The molecular weight excluding hydrogens is 404 g/mol. The summed E-state index contributed by atoms with van der Waals surface area (Å²) in [5.74, 6) is -0.402. The van der Waals surface area contributed by atoms with Crippen molar-refractivity contribution in [3.63, 3.8) is 0 Å². The van der Waals surface area contributed by atoms with E-state index < -0.39 is 10.8 Å². The summed E-state index contributed by atoms with van der Waals surface area (Å²) in [6, 6.07) is 9.66. The predicted molar refractivity (Wildman–Crippen MR) is 87.6 cm³/mol. The van der Waals surface area contributed by atoms with Crippen molar-refractivity contribution in [1.29, 1.82) is 0 Å². The average Bonchev–Trinajstić information content (AvgIpc) is 2.43. The monoisotopic (exact) mass is 412 g/mol. The van der Waals surface area contributed by atoms with E-state index in [4.69, 9.17) is 0 Å². The lowest BCUT2D eigenvalue weighted by molar-refractivity contribution is -0.385. The Labute approximate surface area is 137 Å². The third-order valence-corrected chi connectivity index (χ3v) is 4.36. The van der Waals surface area contributed by atoms with Crippen molar-refractivity contribution >= 4 is 49.1 Å². The lowest BCUT2D eigenvalue weighted by Gasteiger charge is -2.07. The standard InChI is InChI=1S/C14H10Br2N2O3/c1-8-2-4-10(7-12(8)16)17-14(19)9-3-5-11(15)13(6-9)18(20)21/h2-7H,1H3,(H,17,19). The second-order valence-corrected chi connectivity index (χ2v) is 6.05. The van der Waals surface area contributed by atoms with Gasteiger partial charge in [-0.05, 0) is 52.7 Å². The van der Waals surface area contributed by atoms with Gasteiger partial charge in [0.2, 0.25) is 0 Å². The summed E-state index contributed by atoms with van der Waals surface area (Å²) < 4.78 is 1.21. The molecule has 0 aromatic heterocycles. The number of nitrogens with zero attached hydrogens (tertiary/aromatic N) is 1. The van der Waals surface area contributed by atoms with E-state index >= 15 is 0 Å². The van der Waals surface area contributed by atoms with Crippen LogP contribution in [0.3, 0.4) is 0 Å². The number of halogens is 2. The molecule has 0 aliphatic heterocycles. The summed E-state index contributed by atoms with van der Waals surface area (Å²) >= 11 is 6.47. The van der Waals surface area contributed by atoms with E-state index in [9.17, 15) is 14.9 Å². The first-order valence-corrected chi connectivity index (χ1v) is 7.48. The molecular formula is C14H10Br2N2O3. The number of anilines is 1. The first-order valence-electron chi connectivity index (χ1n) is 5.90. The lowest BCUT2D eigenvalue weighted by Crippen LogP contribution is -2.12. The van der Waals surface area contributed by atoms with Crippen molar-refractivity contribution in [3.8, 4) is 0 Å². The highest BCUT2D eigenvalue weighted by atomic mass is 79.9. The topological polar surface area (TPSA) is 72.2 Å². The third kappa shape index (κ3) is 3.68. The molecule has 0 fully saturated rings. The Hall–Kier alpha value is -1.73. The van der Waals surface area contributed by atoms with Crippen LogP contribution in [0.25, 0.3) is 0 Å². The van der Waals surface area contributed by atoms with E-state index in [0.717, 1.165) is 10.0 Å². The molecule has 0 bridgehead atoms. The van der Waals surface area contributed by atoms with Gasteiger partial charge in [-0.2, -0.15) is 0 Å². The largest absolute Gasteiger partial charge is 0.322 e. The van der Waals surface area contributed by atoms with Crippen LogP contribution >= 0.6 is 31.9 Å². The van der Waals surface area contributed by atoms with Crippen LogP contribution in [0.1, 0.15) is 15.9 Å². The molecule has 1 amide bonds. The number of aryl methyl sites for hydroxylation is 1. The van der Waals surface area contributed by atoms with Gasteiger partial charge in [0.05, 0.1) is 9.40 Å². The van der Waals surface area contributed by atoms with Gasteiger partial charge in [-0.25, -0.2) is 0 Å². The van der Waals surface area contributed by atoms with Crippen molar-refractivity contribution in [2.75, 3.05) is 5.32 Å². The normalized spacial score (nSPS) is 10.2. The van der Waals surface area contributed by atoms with Gasteiger partial charge in [-0.3, -0.25) is 14.9 Å². The van der Waals surface area contributed by atoms with Crippen molar-refractivity contribution in [2.45, 2.75) is 6.92 Å². The minimum absolute atomic E-state index is 0.146. The number of amides is 1. The summed E-state index contributed by atoms with van der Waals surface area (Å²) in [4.78, 5) is 22.5. The molecule has 2 rings (SSSR count). The van der Waals surface area contributed by atoms with Crippen LogP contribution in [-0.2, 0) is 0 Å². The molecule has 0 saturated carbocycles. The summed E-state index contributed by atoms with van der Waals surface area (Å²) in [5, 5.41) is 13.6. The van der Waals surface area contributed by atoms with E-state index in [0.29, 0.717) is 10.2 Å².